The molecule has 2 aromatic rings. The predicted molar refractivity (Wildman–Crippen MR) is 87.2 cm³/mol. The molecule has 0 atom stereocenters. The molecule has 104 valence electrons. The van der Waals surface area contributed by atoms with Crippen LogP contribution in [0.2, 0.25) is 0 Å². The third kappa shape index (κ3) is 3.57. The summed E-state index contributed by atoms with van der Waals surface area (Å²) < 4.78 is 1.01. The first-order chi connectivity index (χ1) is 9.47. The summed E-state index contributed by atoms with van der Waals surface area (Å²) in [5.41, 5.74) is 5.90. The number of hydrogen-bond acceptors (Lipinski definition) is 1. The SMILES string of the molecule is Cc1cc(C)c(CC(=O)Cc2ccccc2Br)c(C)c1. The van der Waals surface area contributed by atoms with Crippen LogP contribution in [0.1, 0.15) is 27.8 Å². The van der Waals surface area contributed by atoms with Crippen LogP contribution in [0.25, 0.3) is 0 Å². The smallest absolute Gasteiger partial charge is 0.141 e. The minimum Gasteiger partial charge on any atom is -0.299 e. The Bertz CT molecular complexity index is 621. The van der Waals surface area contributed by atoms with E-state index in [0.717, 1.165) is 10.0 Å². The van der Waals surface area contributed by atoms with Crippen molar-refractivity contribution in [2.24, 2.45) is 0 Å². The molecule has 0 aromatic heterocycles. The maximum Gasteiger partial charge on any atom is 0.141 e. The van der Waals surface area contributed by atoms with Gasteiger partial charge in [-0.1, -0.05) is 51.8 Å². The van der Waals surface area contributed by atoms with E-state index in [9.17, 15) is 4.79 Å². The Labute approximate surface area is 129 Å². The molecule has 1 nitrogen and oxygen atoms in total. The van der Waals surface area contributed by atoms with Crippen molar-refractivity contribution in [3.8, 4) is 0 Å². The van der Waals surface area contributed by atoms with E-state index in [0.29, 0.717) is 12.8 Å². The van der Waals surface area contributed by atoms with E-state index in [4.69, 9.17) is 0 Å². The zero-order chi connectivity index (χ0) is 14.7. The van der Waals surface area contributed by atoms with Gasteiger partial charge in [-0.3, -0.25) is 4.79 Å². The van der Waals surface area contributed by atoms with Gasteiger partial charge in [0.25, 0.3) is 0 Å². The predicted octanol–water partition coefficient (Wildman–Crippen LogP) is 4.73. The molecule has 0 saturated carbocycles. The first-order valence-electron chi connectivity index (χ1n) is 6.79. The first kappa shape index (κ1) is 15.0. The highest BCUT2D eigenvalue weighted by molar-refractivity contribution is 9.10. The summed E-state index contributed by atoms with van der Waals surface area (Å²) in [6, 6.07) is 12.2. The molecular weight excluding hydrogens is 312 g/mol. The van der Waals surface area contributed by atoms with Gasteiger partial charge in [0.2, 0.25) is 0 Å². The number of benzene rings is 2. The standard InChI is InChI=1S/C18H19BrO/c1-12-8-13(2)17(14(3)9-12)11-16(20)10-15-6-4-5-7-18(15)19/h4-9H,10-11H2,1-3H3. The fraction of sp³-hybridized carbons (Fsp3) is 0.278. The van der Waals surface area contributed by atoms with Crippen LogP contribution in [0.15, 0.2) is 40.9 Å². The normalized spacial score (nSPS) is 10.6. The number of hydrogen-bond donors (Lipinski definition) is 0. The van der Waals surface area contributed by atoms with Crippen molar-refractivity contribution < 1.29 is 4.79 Å². The third-order valence-electron chi connectivity index (χ3n) is 3.56. The van der Waals surface area contributed by atoms with Crippen LogP contribution >= 0.6 is 15.9 Å². The summed E-state index contributed by atoms with van der Waals surface area (Å²) in [4.78, 5) is 12.3. The van der Waals surface area contributed by atoms with E-state index in [-0.39, 0.29) is 5.78 Å². The highest BCUT2D eigenvalue weighted by Gasteiger charge is 2.11. The van der Waals surface area contributed by atoms with Crippen molar-refractivity contribution in [2.75, 3.05) is 0 Å². The van der Waals surface area contributed by atoms with Crippen LogP contribution in [0.4, 0.5) is 0 Å². The molecule has 0 heterocycles. The Morgan fingerprint density at radius 3 is 2.20 bits per heavy atom. The zero-order valence-electron chi connectivity index (χ0n) is 12.2. The molecule has 0 N–H and O–H groups in total. The van der Waals surface area contributed by atoms with Gasteiger partial charge in [0.05, 0.1) is 0 Å². The molecule has 2 heteroatoms. The van der Waals surface area contributed by atoms with Crippen molar-refractivity contribution in [3.63, 3.8) is 0 Å². The van der Waals surface area contributed by atoms with Gasteiger partial charge < -0.3 is 0 Å². The summed E-state index contributed by atoms with van der Waals surface area (Å²) in [6.07, 6.45) is 0.994. The summed E-state index contributed by atoms with van der Waals surface area (Å²) in [5.74, 6) is 0.256. The van der Waals surface area contributed by atoms with Crippen LogP contribution < -0.4 is 0 Å². The molecule has 0 fully saturated rings. The highest BCUT2D eigenvalue weighted by Crippen LogP contribution is 2.20. The Morgan fingerprint density at radius 2 is 1.60 bits per heavy atom. The molecular formula is C18H19BrO. The van der Waals surface area contributed by atoms with Gasteiger partial charge in [-0.2, -0.15) is 0 Å². The summed E-state index contributed by atoms with van der Waals surface area (Å²) in [7, 11) is 0. The number of rotatable bonds is 4. The lowest BCUT2D eigenvalue weighted by molar-refractivity contribution is -0.117. The first-order valence-corrected chi connectivity index (χ1v) is 7.58. The number of ketones is 1. The van der Waals surface area contributed by atoms with Crippen LogP contribution in [-0.4, -0.2) is 5.78 Å². The highest BCUT2D eigenvalue weighted by atomic mass is 79.9. The van der Waals surface area contributed by atoms with Gasteiger partial charge in [-0.05, 0) is 49.1 Å². The molecule has 0 aliphatic carbocycles. The van der Waals surface area contributed by atoms with Crippen LogP contribution in [0.3, 0.4) is 0 Å². The number of halogens is 1. The van der Waals surface area contributed by atoms with E-state index < -0.39 is 0 Å². The fourth-order valence-electron chi connectivity index (χ4n) is 2.60. The molecule has 0 aliphatic rings. The van der Waals surface area contributed by atoms with Gasteiger partial charge in [-0.15, -0.1) is 0 Å². The Hall–Kier alpha value is -1.41. The molecule has 0 saturated heterocycles. The topological polar surface area (TPSA) is 17.1 Å². The minimum atomic E-state index is 0.256. The van der Waals surface area contributed by atoms with E-state index in [1.807, 2.05) is 24.3 Å². The Balaban J connectivity index is 2.15. The Morgan fingerprint density at radius 1 is 1.00 bits per heavy atom. The minimum absolute atomic E-state index is 0.256. The lowest BCUT2D eigenvalue weighted by Gasteiger charge is -2.11. The zero-order valence-corrected chi connectivity index (χ0v) is 13.8. The molecule has 0 aliphatic heterocycles. The summed E-state index contributed by atoms with van der Waals surface area (Å²) in [5, 5.41) is 0. The van der Waals surface area contributed by atoms with Crippen molar-refractivity contribution in [3.05, 3.63) is 68.7 Å². The second-order valence-electron chi connectivity index (χ2n) is 5.36. The number of carbonyl (C=O) groups is 1. The monoisotopic (exact) mass is 330 g/mol. The quantitative estimate of drug-likeness (QED) is 0.792. The van der Waals surface area contributed by atoms with Crippen molar-refractivity contribution in [1.29, 1.82) is 0 Å². The molecule has 0 spiro atoms. The van der Waals surface area contributed by atoms with Crippen LogP contribution in [-0.2, 0) is 17.6 Å². The van der Waals surface area contributed by atoms with Gasteiger partial charge in [0.15, 0.2) is 0 Å². The fourth-order valence-corrected chi connectivity index (χ4v) is 3.03. The van der Waals surface area contributed by atoms with Crippen molar-refractivity contribution >= 4 is 21.7 Å². The second kappa shape index (κ2) is 6.36. The van der Waals surface area contributed by atoms with Gasteiger partial charge in [0, 0.05) is 17.3 Å². The van der Waals surface area contributed by atoms with Crippen LogP contribution in [0.5, 0.6) is 0 Å². The Kier molecular flexibility index (Phi) is 4.77. The summed E-state index contributed by atoms with van der Waals surface area (Å²) >= 11 is 3.50. The maximum atomic E-state index is 12.3. The lowest BCUT2D eigenvalue weighted by atomic mass is 9.94. The molecule has 0 radical (unpaired) electrons. The average Bonchev–Trinajstić information content (AvgIpc) is 2.36. The molecule has 0 unspecified atom stereocenters. The summed E-state index contributed by atoms with van der Waals surface area (Å²) in [6.45, 7) is 6.26. The second-order valence-corrected chi connectivity index (χ2v) is 6.22. The molecule has 0 bridgehead atoms. The molecule has 0 amide bonds. The molecule has 20 heavy (non-hydrogen) atoms. The van der Waals surface area contributed by atoms with Gasteiger partial charge in [-0.25, -0.2) is 0 Å². The molecule has 2 aromatic carbocycles. The van der Waals surface area contributed by atoms with Crippen molar-refractivity contribution in [2.45, 2.75) is 33.6 Å². The van der Waals surface area contributed by atoms with Crippen LogP contribution in [0, 0.1) is 20.8 Å². The van der Waals surface area contributed by atoms with E-state index >= 15 is 0 Å². The number of aryl methyl sites for hydroxylation is 3. The van der Waals surface area contributed by atoms with Gasteiger partial charge in [0.1, 0.15) is 5.78 Å². The van der Waals surface area contributed by atoms with E-state index in [1.54, 1.807) is 0 Å². The molecule has 2 rings (SSSR count). The van der Waals surface area contributed by atoms with Crippen molar-refractivity contribution in [1.82, 2.24) is 0 Å². The maximum absolute atomic E-state index is 12.3. The van der Waals surface area contributed by atoms with Gasteiger partial charge >= 0.3 is 0 Å². The third-order valence-corrected chi connectivity index (χ3v) is 4.33. The van der Waals surface area contributed by atoms with E-state index in [1.165, 1.54) is 22.3 Å². The largest absolute Gasteiger partial charge is 0.299 e. The number of Topliss-reactive ketones (excluding diaryl/α,β-unsaturated/α-hetero) is 1. The van der Waals surface area contributed by atoms with E-state index in [2.05, 4.69) is 48.8 Å². The number of carbonyl (C=O) groups excluding carboxylic acids is 1. The average molecular weight is 331 g/mol. The lowest BCUT2D eigenvalue weighted by Crippen LogP contribution is -2.09.